The van der Waals surface area contributed by atoms with Crippen molar-refractivity contribution in [3.63, 3.8) is 0 Å². The Bertz CT molecular complexity index is 779. The first-order chi connectivity index (χ1) is 13.7. The molecule has 1 aromatic rings. The molecule has 29 heavy (non-hydrogen) atoms. The van der Waals surface area contributed by atoms with Crippen LogP contribution in [0.1, 0.15) is 58.9 Å². The van der Waals surface area contributed by atoms with E-state index in [1.807, 2.05) is 12.1 Å². The second-order valence-corrected chi connectivity index (χ2v) is 8.24. The van der Waals surface area contributed by atoms with Crippen molar-refractivity contribution in [2.45, 2.75) is 59.0 Å². The van der Waals surface area contributed by atoms with Crippen LogP contribution in [0.5, 0.6) is 5.75 Å². The fourth-order valence-electron chi connectivity index (χ4n) is 3.06. The zero-order valence-electron chi connectivity index (χ0n) is 18.6. The number of nitrogen functional groups attached to an aromatic ring is 1. The highest BCUT2D eigenvalue weighted by atomic mass is 16.5. The maximum Gasteiger partial charge on any atom is 0.125 e. The molecule has 0 spiro atoms. The topological polar surface area (TPSA) is 101 Å². The Morgan fingerprint density at radius 3 is 2.62 bits per heavy atom. The molecular weight excluding hydrogens is 362 g/mol. The highest BCUT2D eigenvalue weighted by molar-refractivity contribution is 6.15. The number of ether oxygens (including phenoxy) is 1. The van der Waals surface area contributed by atoms with Crippen molar-refractivity contribution >= 4 is 17.2 Å². The fourth-order valence-corrected chi connectivity index (χ4v) is 3.06. The van der Waals surface area contributed by atoms with E-state index in [9.17, 15) is 0 Å². The van der Waals surface area contributed by atoms with E-state index in [1.165, 1.54) is 0 Å². The molecule has 0 amide bonds. The molecule has 0 aromatic heterocycles. The summed E-state index contributed by atoms with van der Waals surface area (Å²) in [7, 11) is 1.76. The number of hydrogen-bond donors (Lipinski definition) is 3. The van der Waals surface area contributed by atoms with E-state index in [-0.39, 0.29) is 11.3 Å². The van der Waals surface area contributed by atoms with Gasteiger partial charge in [-0.05, 0) is 57.2 Å². The monoisotopic (exact) mass is 399 g/mol. The van der Waals surface area contributed by atoms with Crippen molar-refractivity contribution in [1.82, 2.24) is 4.90 Å². The van der Waals surface area contributed by atoms with Crippen molar-refractivity contribution < 1.29 is 4.74 Å². The minimum atomic E-state index is -0.0871. The van der Waals surface area contributed by atoms with Gasteiger partial charge in [0, 0.05) is 37.5 Å². The maximum absolute atomic E-state index is 8.58. The van der Waals surface area contributed by atoms with Crippen LogP contribution in [0.25, 0.3) is 0 Å². The second kappa shape index (κ2) is 9.81. The Morgan fingerprint density at radius 2 is 2.07 bits per heavy atom. The van der Waals surface area contributed by atoms with E-state index in [0.29, 0.717) is 22.9 Å². The summed E-state index contributed by atoms with van der Waals surface area (Å²) in [5.41, 5.74) is 14.0. The average Bonchev–Trinajstić information content (AvgIpc) is 3.44. The van der Waals surface area contributed by atoms with Gasteiger partial charge in [0.15, 0.2) is 0 Å². The number of amidine groups is 1. The van der Waals surface area contributed by atoms with Crippen LogP contribution in [0.4, 0.5) is 5.69 Å². The lowest BCUT2D eigenvalue weighted by molar-refractivity contribution is 0.200. The number of allylic oxidation sites excluding steroid dienone is 1. The van der Waals surface area contributed by atoms with E-state index >= 15 is 0 Å². The van der Waals surface area contributed by atoms with Crippen molar-refractivity contribution in [3.05, 3.63) is 35.5 Å². The number of aliphatic imine (C=N–C) groups is 1. The fraction of sp³-hybridized carbons (Fsp3) is 0.565. The van der Waals surface area contributed by atoms with Crippen molar-refractivity contribution in [2.24, 2.45) is 16.6 Å². The number of anilines is 1. The quantitative estimate of drug-likeness (QED) is 0.312. The molecule has 6 heteroatoms. The standard InChI is InChI=1S/C23H37N5O/c1-6-16(3)10-13-28(7-2)21(27-5)15-20(25)22(26)18-14-17(8-9-19(18)24)29-23(4)11-12-23/h8-9,14-16,26H,6-7,10-13,24-25H2,1-5H3. The van der Waals surface area contributed by atoms with Gasteiger partial charge in [-0.2, -0.15) is 0 Å². The van der Waals surface area contributed by atoms with Gasteiger partial charge in [-0.15, -0.1) is 0 Å². The number of rotatable bonds is 10. The third-order valence-electron chi connectivity index (χ3n) is 5.71. The minimum absolute atomic E-state index is 0.0871. The van der Waals surface area contributed by atoms with Crippen LogP contribution in [-0.4, -0.2) is 42.2 Å². The summed E-state index contributed by atoms with van der Waals surface area (Å²) in [4.78, 5) is 6.61. The molecule has 0 aliphatic heterocycles. The lowest BCUT2D eigenvalue weighted by atomic mass is 10.0. The number of nitrogens with zero attached hydrogens (tertiary/aromatic N) is 2. The number of nitrogens with two attached hydrogens (primary N) is 2. The molecule has 1 aromatic carbocycles. The second-order valence-electron chi connectivity index (χ2n) is 8.24. The lowest BCUT2D eigenvalue weighted by Gasteiger charge is -2.24. The number of benzene rings is 1. The van der Waals surface area contributed by atoms with Crippen molar-refractivity contribution in [2.75, 3.05) is 25.9 Å². The van der Waals surface area contributed by atoms with Gasteiger partial charge in [-0.1, -0.05) is 20.3 Å². The van der Waals surface area contributed by atoms with E-state index in [2.05, 4.69) is 37.6 Å². The predicted molar refractivity (Wildman–Crippen MR) is 123 cm³/mol. The number of hydrogen-bond acceptors (Lipinski definition) is 5. The molecule has 160 valence electrons. The van der Waals surface area contributed by atoms with E-state index in [0.717, 1.165) is 50.4 Å². The Labute approximate surface area is 175 Å². The SMILES string of the molecule is CCC(C)CCN(CC)C(C=C(N)C(=N)c1cc(OC2(C)CC2)ccc1N)=NC. The molecule has 1 atom stereocenters. The first kappa shape index (κ1) is 22.8. The molecule has 0 bridgehead atoms. The summed E-state index contributed by atoms with van der Waals surface area (Å²) < 4.78 is 6.02. The number of likely N-dealkylation sites (N-methyl/N-ethyl adjacent to an activating group) is 1. The van der Waals surface area contributed by atoms with Crippen LogP contribution in [0.3, 0.4) is 0 Å². The summed E-state index contributed by atoms with van der Waals surface area (Å²) in [6, 6.07) is 5.44. The van der Waals surface area contributed by atoms with E-state index in [1.54, 1.807) is 19.2 Å². The van der Waals surface area contributed by atoms with Gasteiger partial charge in [-0.3, -0.25) is 10.4 Å². The highest BCUT2D eigenvalue weighted by Gasteiger charge is 2.40. The van der Waals surface area contributed by atoms with Gasteiger partial charge in [-0.25, -0.2) is 0 Å². The molecule has 5 N–H and O–H groups in total. The molecule has 1 aliphatic rings. The summed E-state index contributed by atoms with van der Waals surface area (Å²) in [6.07, 6.45) is 6.13. The Balaban J connectivity index is 2.18. The van der Waals surface area contributed by atoms with Crippen molar-refractivity contribution in [3.8, 4) is 5.75 Å². The molecule has 2 rings (SSSR count). The van der Waals surface area contributed by atoms with Crippen LogP contribution in [0.2, 0.25) is 0 Å². The third-order valence-corrected chi connectivity index (χ3v) is 5.71. The molecule has 1 saturated carbocycles. The molecule has 1 fully saturated rings. The van der Waals surface area contributed by atoms with Crippen molar-refractivity contribution in [1.29, 1.82) is 5.41 Å². The first-order valence-corrected chi connectivity index (χ1v) is 10.6. The number of nitrogens with one attached hydrogen (secondary N) is 1. The van der Waals surface area contributed by atoms with Gasteiger partial charge in [0.25, 0.3) is 0 Å². The summed E-state index contributed by atoms with van der Waals surface area (Å²) >= 11 is 0. The maximum atomic E-state index is 8.58. The molecule has 6 nitrogen and oxygen atoms in total. The largest absolute Gasteiger partial charge is 0.488 e. The van der Waals surface area contributed by atoms with Gasteiger partial charge < -0.3 is 21.1 Å². The Hall–Kier alpha value is -2.50. The van der Waals surface area contributed by atoms with Gasteiger partial charge >= 0.3 is 0 Å². The van der Waals surface area contributed by atoms with Crippen LogP contribution < -0.4 is 16.2 Å². The smallest absolute Gasteiger partial charge is 0.125 e. The molecule has 1 unspecified atom stereocenters. The van der Waals surface area contributed by atoms with Crippen LogP contribution in [-0.2, 0) is 0 Å². The normalized spacial score (nSPS) is 17.0. The Kier molecular flexibility index (Phi) is 7.71. The lowest BCUT2D eigenvalue weighted by Crippen LogP contribution is -2.32. The van der Waals surface area contributed by atoms with Gasteiger partial charge in [0.05, 0.1) is 11.4 Å². The summed E-state index contributed by atoms with van der Waals surface area (Å²) in [6.45, 7) is 10.4. The van der Waals surface area contributed by atoms with Crippen LogP contribution in [0, 0.1) is 11.3 Å². The van der Waals surface area contributed by atoms with E-state index in [4.69, 9.17) is 21.6 Å². The molecular formula is C23H37N5O. The zero-order chi connectivity index (χ0) is 21.6. The predicted octanol–water partition coefficient (Wildman–Crippen LogP) is 4.20. The Morgan fingerprint density at radius 1 is 1.38 bits per heavy atom. The minimum Gasteiger partial charge on any atom is -0.488 e. The molecule has 0 heterocycles. The molecule has 1 aliphatic carbocycles. The van der Waals surface area contributed by atoms with Crippen LogP contribution in [0.15, 0.2) is 35.0 Å². The van der Waals surface area contributed by atoms with Gasteiger partial charge in [0.2, 0.25) is 0 Å². The average molecular weight is 400 g/mol. The summed E-state index contributed by atoms with van der Waals surface area (Å²) in [5, 5.41) is 8.58. The molecule has 0 radical (unpaired) electrons. The zero-order valence-corrected chi connectivity index (χ0v) is 18.6. The van der Waals surface area contributed by atoms with E-state index < -0.39 is 0 Å². The van der Waals surface area contributed by atoms with Crippen LogP contribution >= 0.6 is 0 Å². The summed E-state index contributed by atoms with van der Waals surface area (Å²) in [5.74, 6) is 2.17. The van der Waals surface area contributed by atoms with Gasteiger partial charge in [0.1, 0.15) is 17.2 Å². The third kappa shape index (κ3) is 6.24. The first-order valence-electron chi connectivity index (χ1n) is 10.6. The highest BCUT2D eigenvalue weighted by Crippen LogP contribution is 2.40. The molecule has 0 saturated heterocycles.